The lowest BCUT2D eigenvalue weighted by molar-refractivity contribution is 0.0526. The van der Waals surface area contributed by atoms with E-state index >= 15 is 0 Å². The lowest BCUT2D eigenvalue weighted by Crippen LogP contribution is -2.23. The van der Waals surface area contributed by atoms with Gasteiger partial charge in [0.1, 0.15) is 5.75 Å². The van der Waals surface area contributed by atoms with Crippen LogP contribution < -0.4 is 10.1 Å². The van der Waals surface area contributed by atoms with Crippen LogP contribution in [0, 0.1) is 5.92 Å². The van der Waals surface area contributed by atoms with Crippen molar-refractivity contribution >= 4 is 22.9 Å². The summed E-state index contributed by atoms with van der Waals surface area (Å²) in [6.45, 7) is 11.2. The molecule has 0 aromatic heterocycles. The number of anilines is 2. The van der Waals surface area contributed by atoms with Crippen LogP contribution in [-0.4, -0.2) is 19.7 Å². The molecule has 2 aromatic carbocycles. The molecule has 0 saturated heterocycles. The molecule has 2 aromatic rings. The Labute approximate surface area is 173 Å². The summed E-state index contributed by atoms with van der Waals surface area (Å²) in [6, 6.07) is 11.7. The lowest BCUT2D eigenvalue weighted by atomic mass is 9.71. The third-order valence-electron chi connectivity index (χ3n) is 5.51. The molecule has 0 radical (unpaired) electrons. The predicted octanol–water partition coefficient (Wildman–Crippen LogP) is 6.34. The van der Waals surface area contributed by atoms with Gasteiger partial charge in [-0.1, -0.05) is 33.8 Å². The molecule has 0 saturated carbocycles. The minimum Gasteiger partial charge on any atom is -0.495 e. The van der Waals surface area contributed by atoms with E-state index in [1.54, 1.807) is 26.2 Å². The first-order valence-electron chi connectivity index (χ1n) is 10.2. The van der Waals surface area contributed by atoms with Crippen molar-refractivity contribution in [1.82, 2.24) is 0 Å². The summed E-state index contributed by atoms with van der Waals surface area (Å²) in [5, 5.41) is 3.45. The van der Waals surface area contributed by atoms with Gasteiger partial charge in [-0.2, -0.15) is 0 Å². The van der Waals surface area contributed by atoms with Gasteiger partial charge in [0.05, 0.1) is 25.0 Å². The molecule has 29 heavy (non-hydrogen) atoms. The molecule has 0 unspecified atom stereocenters. The fraction of sp³-hybridized carbons (Fsp3) is 0.400. The van der Waals surface area contributed by atoms with Crippen LogP contribution in [0.15, 0.2) is 42.5 Å². The van der Waals surface area contributed by atoms with Crippen LogP contribution >= 0.6 is 0 Å². The Balaban J connectivity index is 1.97. The maximum absolute atomic E-state index is 11.9. The molecule has 1 aliphatic rings. The van der Waals surface area contributed by atoms with Gasteiger partial charge in [-0.05, 0) is 77.8 Å². The number of esters is 1. The summed E-state index contributed by atoms with van der Waals surface area (Å²) < 4.78 is 10.8. The highest BCUT2D eigenvalue weighted by atomic mass is 16.5. The number of hydrogen-bond donors (Lipinski definition) is 1. The van der Waals surface area contributed by atoms with Crippen molar-refractivity contribution in [3.8, 4) is 5.75 Å². The van der Waals surface area contributed by atoms with Crippen LogP contribution in [0.3, 0.4) is 0 Å². The molecular weight excluding hydrogens is 362 g/mol. The van der Waals surface area contributed by atoms with Crippen molar-refractivity contribution in [2.45, 2.75) is 46.5 Å². The van der Waals surface area contributed by atoms with E-state index in [1.165, 1.54) is 16.7 Å². The fourth-order valence-electron chi connectivity index (χ4n) is 3.84. The molecule has 0 fully saturated rings. The van der Waals surface area contributed by atoms with E-state index in [9.17, 15) is 4.79 Å². The van der Waals surface area contributed by atoms with Crippen molar-refractivity contribution in [1.29, 1.82) is 0 Å². The second kappa shape index (κ2) is 8.32. The molecule has 0 bridgehead atoms. The van der Waals surface area contributed by atoms with Crippen molar-refractivity contribution in [2.24, 2.45) is 5.92 Å². The number of methoxy groups -OCH3 is 1. The summed E-state index contributed by atoms with van der Waals surface area (Å²) in [4.78, 5) is 11.9. The SMILES string of the molecule is CCOC(=O)c1ccc(Nc2cc3c(cc2OC)C(C)(C)CC=C3C(C)C)cc1. The Kier molecular flexibility index (Phi) is 6.02. The average Bonchev–Trinajstić information content (AvgIpc) is 2.68. The summed E-state index contributed by atoms with van der Waals surface area (Å²) in [6.07, 6.45) is 3.40. The van der Waals surface area contributed by atoms with E-state index in [2.05, 4.69) is 51.2 Å². The van der Waals surface area contributed by atoms with Crippen molar-refractivity contribution < 1.29 is 14.3 Å². The van der Waals surface area contributed by atoms with Crippen molar-refractivity contribution in [3.05, 3.63) is 59.2 Å². The quantitative estimate of drug-likeness (QED) is 0.582. The number of fused-ring (bicyclic) bond motifs is 1. The van der Waals surface area contributed by atoms with Gasteiger partial charge in [0.15, 0.2) is 0 Å². The monoisotopic (exact) mass is 393 g/mol. The highest BCUT2D eigenvalue weighted by molar-refractivity contribution is 5.90. The Hall–Kier alpha value is -2.75. The second-order valence-corrected chi connectivity index (χ2v) is 8.42. The van der Waals surface area contributed by atoms with Crippen molar-refractivity contribution in [3.63, 3.8) is 0 Å². The van der Waals surface area contributed by atoms with Gasteiger partial charge in [-0.3, -0.25) is 0 Å². The Morgan fingerprint density at radius 1 is 1.17 bits per heavy atom. The largest absolute Gasteiger partial charge is 0.495 e. The smallest absolute Gasteiger partial charge is 0.338 e. The van der Waals surface area contributed by atoms with E-state index in [4.69, 9.17) is 9.47 Å². The van der Waals surface area contributed by atoms with Crippen LogP contribution in [0.5, 0.6) is 5.75 Å². The molecule has 1 aliphatic carbocycles. The van der Waals surface area contributed by atoms with E-state index in [0.717, 1.165) is 23.5 Å². The first-order valence-corrected chi connectivity index (χ1v) is 10.2. The lowest BCUT2D eigenvalue weighted by Gasteiger charge is -2.34. The van der Waals surface area contributed by atoms with E-state index in [1.807, 2.05) is 12.1 Å². The maximum Gasteiger partial charge on any atom is 0.338 e. The Morgan fingerprint density at radius 3 is 2.45 bits per heavy atom. The van der Waals surface area contributed by atoms with Crippen LogP contribution in [0.4, 0.5) is 11.4 Å². The third kappa shape index (κ3) is 4.31. The molecule has 154 valence electrons. The zero-order valence-electron chi connectivity index (χ0n) is 18.3. The summed E-state index contributed by atoms with van der Waals surface area (Å²) in [5.74, 6) is 0.964. The number of allylic oxidation sites excluding steroid dienone is 2. The molecule has 0 spiro atoms. The van der Waals surface area contributed by atoms with Gasteiger partial charge < -0.3 is 14.8 Å². The molecular formula is C25H31NO3. The maximum atomic E-state index is 11.9. The summed E-state index contributed by atoms with van der Waals surface area (Å²) in [5.41, 5.74) is 6.40. The zero-order valence-corrected chi connectivity index (χ0v) is 18.3. The minimum absolute atomic E-state index is 0.0703. The average molecular weight is 394 g/mol. The highest BCUT2D eigenvalue weighted by Gasteiger charge is 2.30. The topological polar surface area (TPSA) is 47.6 Å². The molecule has 3 rings (SSSR count). The van der Waals surface area contributed by atoms with Crippen LogP contribution in [0.2, 0.25) is 0 Å². The Morgan fingerprint density at radius 2 is 1.86 bits per heavy atom. The van der Waals surface area contributed by atoms with Gasteiger partial charge in [-0.15, -0.1) is 0 Å². The standard InChI is InChI=1S/C25H31NO3/c1-7-29-24(27)17-8-10-18(11-9-17)26-22-14-20-19(16(2)3)12-13-25(4,5)21(20)15-23(22)28-6/h8-12,14-16,26H,7,13H2,1-6H3. The van der Waals surface area contributed by atoms with E-state index < -0.39 is 0 Å². The van der Waals surface area contributed by atoms with Crippen LogP contribution in [0.25, 0.3) is 5.57 Å². The number of benzene rings is 2. The number of ether oxygens (including phenoxy) is 2. The Bertz CT molecular complexity index is 924. The predicted molar refractivity (Wildman–Crippen MR) is 119 cm³/mol. The number of nitrogens with one attached hydrogen (secondary N) is 1. The summed E-state index contributed by atoms with van der Waals surface area (Å²) >= 11 is 0. The summed E-state index contributed by atoms with van der Waals surface area (Å²) in [7, 11) is 1.70. The minimum atomic E-state index is -0.306. The number of carbonyl (C=O) groups is 1. The number of rotatable bonds is 6. The van der Waals surface area contributed by atoms with Crippen LogP contribution in [-0.2, 0) is 10.2 Å². The first-order chi connectivity index (χ1) is 13.8. The number of carbonyl (C=O) groups excluding carboxylic acids is 1. The molecule has 0 aliphatic heterocycles. The fourth-order valence-corrected chi connectivity index (χ4v) is 3.84. The molecule has 4 nitrogen and oxygen atoms in total. The molecule has 0 atom stereocenters. The molecule has 4 heteroatoms. The zero-order chi connectivity index (χ0) is 21.2. The first kappa shape index (κ1) is 21.0. The number of hydrogen-bond acceptors (Lipinski definition) is 4. The molecule has 0 heterocycles. The van der Waals surface area contributed by atoms with Gasteiger partial charge >= 0.3 is 5.97 Å². The van der Waals surface area contributed by atoms with Gasteiger partial charge in [-0.25, -0.2) is 4.79 Å². The normalized spacial score (nSPS) is 14.8. The van der Waals surface area contributed by atoms with Gasteiger partial charge in [0, 0.05) is 5.69 Å². The van der Waals surface area contributed by atoms with Gasteiger partial charge in [0.25, 0.3) is 0 Å². The third-order valence-corrected chi connectivity index (χ3v) is 5.51. The highest BCUT2D eigenvalue weighted by Crippen LogP contribution is 2.45. The second-order valence-electron chi connectivity index (χ2n) is 8.42. The van der Waals surface area contributed by atoms with Gasteiger partial charge in [0.2, 0.25) is 0 Å². The molecule has 1 N–H and O–H groups in total. The molecule has 0 amide bonds. The van der Waals surface area contributed by atoms with E-state index in [0.29, 0.717) is 18.1 Å². The van der Waals surface area contributed by atoms with E-state index in [-0.39, 0.29) is 11.4 Å². The van der Waals surface area contributed by atoms with Crippen LogP contribution in [0.1, 0.15) is 62.5 Å². The van der Waals surface area contributed by atoms with Crippen molar-refractivity contribution in [2.75, 3.05) is 19.0 Å².